The number of halogens is 1. The SMILES string of the molecule is CSCC(O)c1c(Cl)cnn1C. The zero-order valence-corrected chi connectivity index (χ0v) is 8.56. The first-order valence-corrected chi connectivity index (χ1v) is 5.28. The van der Waals surface area contributed by atoms with Crippen LogP contribution in [-0.4, -0.2) is 26.9 Å². The van der Waals surface area contributed by atoms with Gasteiger partial charge in [-0.1, -0.05) is 11.6 Å². The third-order valence-electron chi connectivity index (χ3n) is 1.58. The third-order valence-corrected chi connectivity index (χ3v) is 2.52. The van der Waals surface area contributed by atoms with E-state index in [1.54, 1.807) is 29.7 Å². The van der Waals surface area contributed by atoms with Crippen molar-refractivity contribution >= 4 is 23.4 Å². The Morgan fingerprint density at radius 2 is 2.50 bits per heavy atom. The molecule has 0 amide bonds. The highest BCUT2D eigenvalue weighted by Crippen LogP contribution is 2.23. The van der Waals surface area contributed by atoms with Crippen LogP contribution in [0.25, 0.3) is 0 Å². The zero-order chi connectivity index (χ0) is 9.14. The van der Waals surface area contributed by atoms with Crippen molar-refractivity contribution in [3.8, 4) is 0 Å². The Bertz CT molecular complexity index is 244. The molecule has 0 aromatic carbocycles. The first-order chi connectivity index (χ1) is 5.66. The highest BCUT2D eigenvalue weighted by atomic mass is 35.5. The molecule has 0 spiro atoms. The predicted octanol–water partition coefficient (Wildman–Crippen LogP) is 1.47. The molecule has 0 saturated heterocycles. The van der Waals surface area contributed by atoms with Crippen molar-refractivity contribution in [2.45, 2.75) is 6.10 Å². The Hall–Kier alpha value is -0.190. The molecule has 1 N–H and O–H groups in total. The van der Waals surface area contributed by atoms with E-state index < -0.39 is 6.10 Å². The van der Waals surface area contributed by atoms with Crippen LogP contribution in [0, 0.1) is 0 Å². The lowest BCUT2D eigenvalue weighted by molar-refractivity contribution is 0.194. The normalized spacial score (nSPS) is 13.3. The van der Waals surface area contributed by atoms with Gasteiger partial charge in [-0.3, -0.25) is 4.68 Å². The number of aryl methyl sites for hydroxylation is 1. The molecule has 1 aromatic rings. The summed E-state index contributed by atoms with van der Waals surface area (Å²) in [5, 5.41) is 14.1. The second-order valence-corrected chi connectivity index (χ2v) is 3.79. The van der Waals surface area contributed by atoms with Crippen molar-refractivity contribution in [3.63, 3.8) is 0 Å². The molecule has 3 nitrogen and oxygen atoms in total. The van der Waals surface area contributed by atoms with Gasteiger partial charge < -0.3 is 5.11 Å². The monoisotopic (exact) mass is 206 g/mol. The lowest BCUT2D eigenvalue weighted by atomic mass is 10.3. The average molecular weight is 207 g/mol. The van der Waals surface area contributed by atoms with Crippen molar-refractivity contribution in [1.29, 1.82) is 0 Å². The Morgan fingerprint density at radius 3 is 2.92 bits per heavy atom. The summed E-state index contributed by atoms with van der Waals surface area (Å²) < 4.78 is 1.60. The largest absolute Gasteiger partial charge is 0.386 e. The number of aromatic nitrogens is 2. The molecule has 1 atom stereocenters. The second-order valence-electron chi connectivity index (χ2n) is 2.47. The van der Waals surface area contributed by atoms with Crippen LogP contribution in [0.3, 0.4) is 0 Å². The van der Waals surface area contributed by atoms with Gasteiger partial charge in [0, 0.05) is 12.8 Å². The molecule has 12 heavy (non-hydrogen) atoms. The van der Waals surface area contributed by atoms with E-state index in [2.05, 4.69) is 5.10 Å². The summed E-state index contributed by atoms with van der Waals surface area (Å²) in [5.41, 5.74) is 0.686. The Labute approximate surface area is 80.7 Å². The maximum Gasteiger partial charge on any atom is 0.106 e. The standard InChI is InChI=1S/C7H11ClN2OS/c1-10-7(5(8)3-9-10)6(11)4-12-2/h3,6,11H,4H2,1-2H3. The number of hydrogen-bond acceptors (Lipinski definition) is 3. The van der Waals surface area contributed by atoms with Gasteiger partial charge >= 0.3 is 0 Å². The Morgan fingerprint density at radius 1 is 1.83 bits per heavy atom. The van der Waals surface area contributed by atoms with Gasteiger partial charge in [0.1, 0.15) is 6.10 Å². The minimum absolute atomic E-state index is 0.527. The van der Waals surface area contributed by atoms with Crippen molar-refractivity contribution in [2.75, 3.05) is 12.0 Å². The topological polar surface area (TPSA) is 38.1 Å². The van der Waals surface area contributed by atoms with Gasteiger partial charge in [0.25, 0.3) is 0 Å². The van der Waals surface area contributed by atoms with Gasteiger partial charge in [0.2, 0.25) is 0 Å². The number of hydrogen-bond donors (Lipinski definition) is 1. The third kappa shape index (κ3) is 1.94. The zero-order valence-electron chi connectivity index (χ0n) is 6.99. The van der Waals surface area contributed by atoms with Gasteiger partial charge in [0.05, 0.1) is 16.9 Å². The molecule has 1 aromatic heterocycles. The maximum absolute atomic E-state index is 9.60. The molecular formula is C7H11ClN2OS. The van der Waals surface area contributed by atoms with Gasteiger partial charge in [0.15, 0.2) is 0 Å². The average Bonchev–Trinajstić information content (AvgIpc) is 2.32. The number of nitrogens with zero attached hydrogens (tertiary/aromatic N) is 2. The molecule has 0 aliphatic heterocycles. The maximum atomic E-state index is 9.60. The summed E-state index contributed by atoms with van der Waals surface area (Å²) in [6.07, 6.45) is 2.95. The Balaban J connectivity index is 2.85. The second kappa shape index (κ2) is 4.16. The molecule has 0 saturated carbocycles. The van der Waals surface area contributed by atoms with E-state index >= 15 is 0 Å². The highest BCUT2D eigenvalue weighted by Gasteiger charge is 2.15. The molecule has 0 fully saturated rings. The van der Waals surface area contributed by atoms with Crippen molar-refractivity contribution in [2.24, 2.45) is 7.05 Å². The fourth-order valence-corrected chi connectivity index (χ4v) is 1.80. The smallest absolute Gasteiger partial charge is 0.106 e. The van der Waals surface area contributed by atoms with Crippen LogP contribution >= 0.6 is 23.4 Å². The molecule has 0 aliphatic carbocycles. The minimum atomic E-state index is -0.528. The van der Waals surface area contributed by atoms with Gasteiger partial charge in [-0.15, -0.1) is 0 Å². The summed E-state index contributed by atoms with van der Waals surface area (Å²) in [7, 11) is 1.77. The highest BCUT2D eigenvalue weighted by molar-refractivity contribution is 7.98. The van der Waals surface area contributed by atoms with Crippen LogP contribution in [0.4, 0.5) is 0 Å². The van der Waals surface area contributed by atoms with Crippen LogP contribution in [0.15, 0.2) is 6.20 Å². The summed E-state index contributed by atoms with van der Waals surface area (Å²) in [6.45, 7) is 0. The van der Waals surface area contributed by atoms with E-state index in [9.17, 15) is 5.11 Å². The van der Waals surface area contributed by atoms with Crippen molar-refractivity contribution in [3.05, 3.63) is 16.9 Å². The summed E-state index contributed by atoms with van der Waals surface area (Å²) in [6, 6.07) is 0. The van der Waals surface area contributed by atoms with E-state index in [4.69, 9.17) is 11.6 Å². The van der Waals surface area contributed by atoms with Crippen LogP contribution in [0.1, 0.15) is 11.8 Å². The van der Waals surface area contributed by atoms with E-state index in [1.165, 1.54) is 0 Å². The number of rotatable bonds is 3. The van der Waals surface area contributed by atoms with E-state index in [-0.39, 0.29) is 0 Å². The predicted molar refractivity (Wildman–Crippen MR) is 51.6 cm³/mol. The van der Waals surface area contributed by atoms with E-state index in [1.807, 2.05) is 6.26 Å². The first-order valence-electron chi connectivity index (χ1n) is 3.51. The lowest BCUT2D eigenvalue weighted by Gasteiger charge is -2.09. The van der Waals surface area contributed by atoms with Gasteiger partial charge in [-0.05, 0) is 6.26 Å². The Kier molecular flexibility index (Phi) is 3.43. The molecule has 0 aliphatic rings. The van der Waals surface area contributed by atoms with Crippen LogP contribution in [-0.2, 0) is 7.05 Å². The quantitative estimate of drug-likeness (QED) is 0.814. The van der Waals surface area contributed by atoms with Crippen molar-refractivity contribution < 1.29 is 5.11 Å². The van der Waals surface area contributed by atoms with Gasteiger partial charge in [-0.25, -0.2) is 0 Å². The van der Waals surface area contributed by atoms with Crippen LogP contribution in [0.2, 0.25) is 5.02 Å². The molecule has 1 rings (SSSR count). The lowest BCUT2D eigenvalue weighted by Crippen LogP contribution is -2.07. The van der Waals surface area contributed by atoms with Crippen LogP contribution in [0.5, 0.6) is 0 Å². The van der Waals surface area contributed by atoms with Crippen molar-refractivity contribution in [1.82, 2.24) is 9.78 Å². The summed E-state index contributed by atoms with van der Waals surface area (Å²) >= 11 is 7.40. The molecule has 1 heterocycles. The molecule has 68 valence electrons. The molecule has 0 radical (unpaired) electrons. The molecule has 0 bridgehead atoms. The fourth-order valence-electron chi connectivity index (χ4n) is 1.03. The number of aliphatic hydroxyl groups is 1. The minimum Gasteiger partial charge on any atom is -0.386 e. The van der Waals surface area contributed by atoms with Crippen LogP contribution < -0.4 is 0 Å². The number of aliphatic hydroxyl groups excluding tert-OH is 1. The van der Waals surface area contributed by atoms with Gasteiger partial charge in [-0.2, -0.15) is 16.9 Å². The summed E-state index contributed by atoms with van der Waals surface area (Å²) in [4.78, 5) is 0. The van der Waals surface area contributed by atoms with E-state index in [0.29, 0.717) is 16.5 Å². The van der Waals surface area contributed by atoms with E-state index in [0.717, 1.165) is 0 Å². The number of thioether (sulfide) groups is 1. The fraction of sp³-hybridized carbons (Fsp3) is 0.571. The summed E-state index contributed by atoms with van der Waals surface area (Å²) in [5.74, 6) is 0.638. The first kappa shape index (κ1) is 9.89. The molecular weight excluding hydrogens is 196 g/mol. The molecule has 1 unspecified atom stereocenters. The molecule has 5 heteroatoms.